The number of hydrogen-bond donors (Lipinski definition) is 1. The molecule has 110 valence electrons. The first-order valence-corrected chi connectivity index (χ1v) is 7.36. The van der Waals surface area contributed by atoms with E-state index in [1.54, 1.807) is 18.2 Å². The molecule has 0 fully saturated rings. The smallest absolute Gasteiger partial charge is 0.185 e. The predicted molar refractivity (Wildman–Crippen MR) is 84.1 cm³/mol. The standard InChI is InChI=1S/C14H20O2S.ClH.H3N/c1-5-13(10-11(2)3)17(15,16)14-9-7-6-8-12(14)4;;/h5-9,11,13H,1,10H2,2-4H3;1H;1H3. The molecule has 1 atom stereocenters. The second-order valence-corrected chi connectivity index (χ2v) is 6.85. The summed E-state index contributed by atoms with van der Waals surface area (Å²) >= 11 is 0. The maximum Gasteiger partial charge on any atom is 0.185 e. The van der Waals surface area contributed by atoms with Gasteiger partial charge in [-0.05, 0) is 30.9 Å². The highest BCUT2D eigenvalue weighted by Gasteiger charge is 2.26. The summed E-state index contributed by atoms with van der Waals surface area (Å²) in [6.07, 6.45) is 2.15. The Bertz CT molecular complexity index is 498. The summed E-state index contributed by atoms with van der Waals surface area (Å²) in [5, 5.41) is -0.497. The quantitative estimate of drug-likeness (QED) is 0.837. The Hall–Kier alpha value is -0.840. The maximum absolute atomic E-state index is 12.4. The molecule has 3 N–H and O–H groups in total. The van der Waals surface area contributed by atoms with E-state index in [-0.39, 0.29) is 18.6 Å². The summed E-state index contributed by atoms with van der Waals surface area (Å²) < 4.78 is 24.9. The van der Waals surface area contributed by atoms with Crippen LogP contribution in [0, 0.1) is 12.8 Å². The van der Waals surface area contributed by atoms with Crippen LogP contribution in [0.5, 0.6) is 0 Å². The Labute approximate surface area is 123 Å². The number of aryl methyl sites for hydroxylation is 1. The van der Waals surface area contributed by atoms with E-state index in [1.807, 2.05) is 32.9 Å². The molecule has 5 heteroatoms. The second-order valence-electron chi connectivity index (χ2n) is 4.71. The van der Waals surface area contributed by atoms with E-state index in [9.17, 15) is 8.42 Å². The van der Waals surface area contributed by atoms with Crippen LogP contribution < -0.4 is 6.15 Å². The zero-order chi connectivity index (χ0) is 13.1. The number of halogens is 1. The molecule has 0 aromatic heterocycles. The highest BCUT2D eigenvalue weighted by Crippen LogP contribution is 2.24. The van der Waals surface area contributed by atoms with Crippen molar-refractivity contribution in [2.45, 2.75) is 37.3 Å². The van der Waals surface area contributed by atoms with Gasteiger partial charge in [-0.3, -0.25) is 0 Å². The van der Waals surface area contributed by atoms with Gasteiger partial charge in [0.2, 0.25) is 0 Å². The molecule has 0 spiro atoms. The number of sulfone groups is 1. The molecule has 0 aliphatic rings. The number of hydrogen-bond acceptors (Lipinski definition) is 3. The molecule has 0 bridgehead atoms. The lowest BCUT2D eigenvalue weighted by molar-refractivity contribution is 0.550. The van der Waals surface area contributed by atoms with Crippen LogP contribution in [0.4, 0.5) is 0 Å². The van der Waals surface area contributed by atoms with Gasteiger partial charge >= 0.3 is 0 Å². The van der Waals surface area contributed by atoms with Gasteiger partial charge in [0, 0.05) is 0 Å². The highest BCUT2D eigenvalue weighted by molar-refractivity contribution is 7.92. The van der Waals surface area contributed by atoms with Gasteiger partial charge in [-0.2, -0.15) is 0 Å². The lowest BCUT2D eigenvalue weighted by Gasteiger charge is -2.17. The van der Waals surface area contributed by atoms with E-state index in [1.165, 1.54) is 0 Å². The van der Waals surface area contributed by atoms with Crippen molar-refractivity contribution in [2.75, 3.05) is 0 Å². The third kappa shape index (κ3) is 4.97. The molecule has 0 radical (unpaired) electrons. The molecule has 0 aliphatic carbocycles. The third-order valence-corrected chi connectivity index (χ3v) is 5.02. The second kappa shape index (κ2) is 8.35. The van der Waals surface area contributed by atoms with Gasteiger partial charge in [-0.1, -0.05) is 38.1 Å². The molecule has 0 heterocycles. The van der Waals surface area contributed by atoms with E-state index >= 15 is 0 Å². The molecule has 0 saturated heterocycles. The number of rotatable bonds is 5. The first kappa shape index (κ1) is 20.5. The van der Waals surface area contributed by atoms with Gasteiger partial charge in [-0.15, -0.1) is 19.0 Å². The Kier molecular flexibility index (Phi) is 9.00. The van der Waals surface area contributed by atoms with Crippen LogP contribution in [0.25, 0.3) is 0 Å². The highest BCUT2D eigenvalue weighted by atomic mass is 35.5. The number of benzene rings is 1. The van der Waals surface area contributed by atoms with Crippen molar-refractivity contribution < 1.29 is 8.42 Å². The molecular weight excluding hydrogens is 282 g/mol. The fourth-order valence-electron chi connectivity index (χ4n) is 1.85. The molecule has 1 unspecified atom stereocenters. The molecule has 0 amide bonds. The molecule has 1 aromatic rings. The van der Waals surface area contributed by atoms with Gasteiger partial charge in [0.15, 0.2) is 9.84 Å². The topological polar surface area (TPSA) is 69.1 Å². The lowest BCUT2D eigenvalue weighted by Crippen LogP contribution is -2.21. The molecule has 1 rings (SSSR count). The van der Waals surface area contributed by atoms with Crippen molar-refractivity contribution in [3.63, 3.8) is 0 Å². The summed E-state index contributed by atoms with van der Waals surface area (Å²) in [7, 11) is -3.29. The van der Waals surface area contributed by atoms with Crippen LogP contribution >= 0.6 is 12.4 Å². The normalized spacial score (nSPS) is 12.2. The maximum atomic E-state index is 12.4. The van der Waals surface area contributed by atoms with Gasteiger partial charge in [0.1, 0.15) is 0 Å². The van der Waals surface area contributed by atoms with Crippen molar-refractivity contribution in [3.8, 4) is 0 Å². The first-order chi connectivity index (χ1) is 7.89. The van der Waals surface area contributed by atoms with E-state index in [0.29, 0.717) is 17.2 Å². The first-order valence-electron chi connectivity index (χ1n) is 5.81. The zero-order valence-corrected chi connectivity index (χ0v) is 13.4. The summed E-state index contributed by atoms with van der Waals surface area (Å²) in [6.45, 7) is 9.51. The van der Waals surface area contributed by atoms with Gasteiger partial charge in [-0.25, -0.2) is 8.42 Å². The van der Waals surface area contributed by atoms with E-state index in [2.05, 4.69) is 6.58 Å². The van der Waals surface area contributed by atoms with Crippen molar-refractivity contribution in [1.82, 2.24) is 6.15 Å². The summed E-state index contributed by atoms with van der Waals surface area (Å²) in [6, 6.07) is 7.10. The average Bonchev–Trinajstić information content (AvgIpc) is 2.25. The van der Waals surface area contributed by atoms with Crippen LogP contribution in [-0.4, -0.2) is 13.7 Å². The predicted octanol–water partition coefficient (Wildman–Crippen LogP) is 3.95. The Morgan fingerprint density at radius 1 is 1.26 bits per heavy atom. The van der Waals surface area contributed by atoms with Crippen LogP contribution in [0.15, 0.2) is 41.8 Å². The third-order valence-electron chi connectivity index (χ3n) is 2.77. The van der Waals surface area contributed by atoms with Gasteiger partial charge in [0.05, 0.1) is 10.1 Å². The minimum absolute atomic E-state index is 0. The average molecular weight is 306 g/mol. The van der Waals surface area contributed by atoms with E-state index < -0.39 is 15.1 Å². The van der Waals surface area contributed by atoms with E-state index in [0.717, 1.165) is 5.56 Å². The molecule has 0 aliphatic heterocycles. The largest absolute Gasteiger partial charge is 0.344 e. The molecular formula is C14H24ClNO2S. The van der Waals surface area contributed by atoms with Gasteiger partial charge < -0.3 is 6.15 Å². The minimum atomic E-state index is -3.29. The van der Waals surface area contributed by atoms with Crippen LogP contribution in [-0.2, 0) is 9.84 Å². The Balaban J connectivity index is 0. The van der Waals surface area contributed by atoms with Crippen molar-refractivity contribution in [1.29, 1.82) is 0 Å². The molecule has 0 saturated carbocycles. The van der Waals surface area contributed by atoms with Crippen LogP contribution in [0.2, 0.25) is 0 Å². The van der Waals surface area contributed by atoms with Crippen molar-refractivity contribution in [2.24, 2.45) is 5.92 Å². The fourth-order valence-corrected chi connectivity index (χ4v) is 3.86. The summed E-state index contributed by atoms with van der Waals surface area (Å²) in [5.74, 6) is 0.330. The Morgan fingerprint density at radius 2 is 1.79 bits per heavy atom. The molecule has 19 heavy (non-hydrogen) atoms. The fraction of sp³-hybridized carbons (Fsp3) is 0.429. The monoisotopic (exact) mass is 305 g/mol. The van der Waals surface area contributed by atoms with Gasteiger partial charge in [0.25, 0.3) is 0 Å². The summed E-state index contributed by atoms with van der Waals surface area (Å²) in [4.78, 5) is 0.422. The minimum Gasteiger partial charge on any atom is -0.344 e. The molecule has 1 aromatic carbocycles. The Morgan fingerprint density at radius 3 is 2.21 bits per heavy atom. The van der Waals surface area contributed by atoms with Crippen molar-refractivity contribution >= 4 is 22.2 Å². The SMILES string of the molecule is C=CC(CC(C)C)S(=O)(=O)c1ccccc1C.Cl.N. The van der Waals surface area contributed by atoms with Crippen LogP contribution in [0.3, 0.4) is 0 Å². The summed E-state index contributed by atoms with van der Waals surface area (Å²) in [5.41, 5.74) is 0.795. The van der Waals surface area contributed by atoms with Crippen molar-refractivity contribution in [3.05, 3.63) is 42.5 Å². The lowest BCUT2D eigenvalue weighted by atomic mass is 10.1. The zero-order valence-electron chi connectivity index (χ0n) is 11.8. The van der Waals surface area contributed by atoms with Crippen LogP contribution in [0.1, 0.15) is 25.8 Å². The molecule has 3 nitrogen and oxygen atoms in total. The van der Waals surface area contributed by atoms with E-state index in [4.69, 9.17) is 0 Å².